The number of hydrogen-bond acceptors (Lipinski definition) is 2. The molecule has 2 aromatic rings. The third-order valence-corrected chi connectivity index (χ3v) is 3.23. The second-order valence-corrected chi connectivity index (χ2v) is 4.72. The average molecular weight is 274 g/mol. The van der Waals surface area contributed by atoms with Crippen LogP contribution < -0.4 is 4.74 Å². The van der Waals surface area contributed by atoms with Crippen LogP contribution in [0.2, 0.25) is 0 Å². The van der Waals surface area contributed by atoms with Gasteiger partial charge in [-0.05, 0) is 48.7 Å². The largest absolute Gasteiger partial charge is 0.494 e. The lowest BCUT2D eigenvalue weighted by atomic mass is 9.92. The second kappa shape index (κ2) is 7.06. The number of benzene rings is 2. The monoisotopic (exact) mass is 274 g/mol. The number of rotatable bonds is 6. The van der Waals surface area contributed by atoms with Crippen molar-refractivity contribution >= 4 is 0 Å². The molecule has 0 saturated heterocycles. The van der Waals surface area contributed by atoms with E-state index in [1.807, 2.05) is 37.3 Å². The van der Waals surface area contributed by atoms with E-state index in [-0.39, 0.29) is 18.3 Å². The Bertz CT molecular complexity index is 554. The highest BCUT2D eigenvalue weighted by molar-refractivity contribution is 5.31. The lowest BCUT2D eigenvalue weighted by Gasteiger charge is -2.15. The van der Waals surface area contributed by atoms with Crippen LogP contribution in [-0.4, -0.2) is 18.3 Å². The lowest BCUT2D eigenvalue weighted by Crippen LogP contribution is -2.08. The highest BCUT2D eigenvalue weighted by Gasteiger charge is 2.12. The van der Waals surface area contributed by atoms with Gasteiger partial charge in [0.15, 0.2) is 0 Å². The molecule has 0 aromatic heterocycles. The smallest absolute Gasteiger partial charge is 0.123 e. The molecule has 106 valence electrons. The summed E-state index contributed by atoms with van der Waals surface area (Å²) in [5, 5.41) is 9.55. The summed E-state index contributed by atoms with van der Waals surface area (Å²) in [6.07, 6.45) is 0.654. The summed E-state index contributed by atoms with van der Waals surface area (Å²) < 4.78 is 18.7. The Labute approximate surface area is 118 Å². The van der Waals surface area contributed by atoms with Gasteiger partial charge in [-0.25, -0.2) is 4.39 Å². The molecule has 0 aliphatic rings. The van der Waals surface area contributed by atoms with E-state index >= 15 is 0 Å². The van der Waals surface area contributed by atoms with Crippen LogP contribution in [0.3, 0.4) is 0 Å². The summed E-state index contributed by atoms with van der Waals surface area (Å²) >= 11 is 0. The maximum Gasteiger partial charge on any atom is 0.123 e. The average Bonchev–Trinajstić information content (AvgIpc) is 2.45. The van der Waals surface area contributed by atoms with Crippen LogP contribution in [0.15, 0.2) is 48.5 Å². The van der Waals surface area contributed by atoms with E-state index < -0.39 is 0 Å². The van der Waals surface area contributed by atoms with Gasteiger partial charge in [-0.15, -0.1) is 0 Å². The molecule has 1 unspecified atom stereocenters. The summed E-state index contributed by atoms with van der Waals surface area (Å²) in [7, 11) is 0. The van der Waals surface area contributed by atoms with Crippen molar-refractivity contribution in [2.75, 3.05) is 13.2 Å². The zero-order chi connectivity index (χ0) is 14.4. The van der Waals surface area contributed by atoms with Gasteiger partial charge < -0.3 is 9.84 Å². The molecule has 0 spiro atoms. The van der Waals surface area contributed by atoms with Gasteiger partial charge in [-0.1, -0.05) is 24.3 Å². The maximum absolute atomic E-state index is 13.3. The lowest BCUT2D eigenvalue weighted by molar-refractivity contribution is 0.264. The molecule has 0 bridgehead atoms. The van der Waals surface area contributed by atoms with Crippen LogP contribution in [0.1, 0.15) is 24.0 Å². The van der Waals surface area contributed by atoms with Crippen molar-refractivity contribution in [3.63, 3.8) is 0 Å². The molecule has 0 heterocycles. The molecule has 0 aliphatic heterocycles. The molecule has 0 fully saturated rings. The number of halogens is 1. The fourth-order valence-corrected chi connectivity index (χ4v) is 2.26. The van der Waals surface area contributed by atoms with Crippen molar-refractivity contribution in [2.45, 2.75) is 19.3 Å². The summed E-state index contributed by atoms with van der Waals surface area (Å²) in [4.78, 5) is 0. The number of ether oxygens (including phenoxy) is 1. The normalized spacial score (nSPS) is 12.2. The van der Waals surface area contributed by atoms with E-state index in [0.29, 0.717) is 13.0 Å². The van der Waals surface area contributed by atoms with Crippen LogP contribution in [0.5, 0.6) is 5.75 Å². The number of aliphatic hydroxyl groups excluding tert-OH is 1. The Morgan fingerprint density at radius 3 is 2.65 bits per heavy atom. The minimum atomic E-state index is -0.274. The van der Waals surface area contributed by atoms with Crippen molar-refractivity contribution in [3.05, 3.63) is 65.5 Å². The molecule has 1 N–H and O–H groups in total. The summed E-state index contributed by atoms with van der Waals surface area (Å²) in [5.74, 6) is 0.438. The third-order valence-electron chi connectivity index (χ3n) is 3.23. The highest BCUT2D eigenvalue weighted by atomic mass is 19.1. The summed E-state index contributed by atoms with van der Waals surface area (Å²) in [6.45, 7) is 2.55. The SMILES string of the molecule is CCOc1cccc(CC(CO)c2cccc(F)c2)c1. The predicted molar refractivity (Wildman–Crippen MR) is 77.5 cm³/mol. The molecule has 0 amide bonds. The summed E-state index contributed by atoms with van der Waals surface area (Å²) in [6, 6.07) is 14.2. The highest BCUT2D eigenvalue weighted by Crippen LogP contribution is 2.23. The molecule has 0 saturated carbocycles. The fourth-order valence-electron chi connectivity index (χ4n) is 2.26. The molecule has 0 radical (unpaired) electrons. The van der Waals surface area contributed by atoms with E-state index in [1.54, 1.807) is 6.07 Å². The molecule has 1 atom stereocenters. The van der Waals surface area contributed by atoms with Crippen LogP contribution in [0.4, 0.5) is 4.39 Å². The van der Waals surface area contributed by atoms with E-state index in [2.05, 4.69) is 0 Å². The van der Waals surface area contributed by atoms with Gasteiger partial charge in [0, 0.05) is 5.92 Å². The predicted octanol–water partition coefficient (Wildman–Crippen LogP) is 3.54. The van der Waals surface area contributed by atoms with Gasteiger partial charge in [0.1, 0.15) is 11.6 Å². The first-order valence-electron chi connectivity index (χ1n) is 6.81. The fraction of sp³-hybridized carbons (Fsp3) is 0.294. The van der Waals surface area contributed by atoms with Crippen LogP contribution in [-0.2, 0) is 6.42 Å². The van der Waals surface area contributed by atoms with E-state index in [4.69, 9.17) is 4.74 Å². The van der Waals surface area contributed by atoms with Crippen LogP contribution in [0.25, 0.3) is 0 Å². The minimum Gasteiger partial charge on any atom is -0.494 e. The zero-order valence-corrected chi connectivity index (χ0v) is 11.6. The standard InChI is InChI=1S/C17H19FO2/c1-2-20-17-8-3-5-13(10-17)9-15(12-19)14-6-4-7-16(18)11-14/h3-8,10-11,15,19H,2,9,12H2,1H3. The van der Waals surface area contributed by atoms with Crippen LogP contribution in [0, 0.1) is 5.82 Å². The molecular formula is C17H19FO2. The topological polar surface area (TPSA) is 29.5 Å². The maximum atomic E-state index is 13.3. The van der Waals surface area contributed by atoms with Gasteiger partial charge in [-0.2, -0.15) is 0 Å². The molecule has 3 heteroatoms. The molecule has 0 aliphatic carbocycles. The Morgan fingerprint density at radius 1 is 1.15 bits per heavy atom. The van der Waals surface area contributed by atoms with Crippen molar-refractivity contribution in [1.82, 2.24) is 0 Å². The Balaban J connectivity index is 2.15. The number of aliphatic hydroxyl groups is 1. The quantitative estimate of drug-likeness (QED) is 0.873. The first kappa shape index (κ1) is 14.5. The van der Waals surface area contributed by atoms with Gasteiger partial charge >= 0.3 is 0 Å². The van der Waals surface area contributed by atoms with Gasteiger partial charge in [0.05, 0.1) is 13.2 Å². The first-order valence-corrected chi connectivity index (χ1v) is 6.81. The molecule has 2 rings (SSSR count). The molecule has 2 aromatic carbocycles. The Hall–Kier alpha value is -1.87. The zero-order valence-electron chi connectivity index (χ0n) is 11.6. The van der Waals surface area contributed by atoms with Crippen LogP contribution >= 0.6 is 0 Å². The molecular weight excluding hydrogens is 255 g/mol. The van der Waals surface area contributed by atoms with Gasteiger partial charge in [-0.3, -0.25) is 0 Å². The van der Waals surface area contributed by atoms with Crippen molar-refractivity contribution in [3.8, 4) is 5.75 Å². The first-order chi connectivity index (χ1) is 9.72. The van der Waals surface area contributed by atoms with Gasteiger partial charge in [0.25, 0.3) is 0 Å². The van der Waals surface area contributed by atoms with Crippen molar-refractivity contribution < 1.29 is 14.2 Å². The Morgan fingerprint density at radius 2 is 1.95 bits per heavy atom. The van der Waals surface area contributed by atoms with Gasteiger partial charge in [0.2, 0.25) is 0 Å². The van der Waals surface area contributed by atoms with E-state index in [1.165, 1.54) is 12.1 Å². The van der Waals surface area contributed by atoms with Crippen molar-refractivity contribution in [2.24, 2.45) is 0 Å². The second-order valence-electron chi connectivity index (χ2n) is 4.72. The Kier molecular flexibility index (Phi) is 5.13. The summed E-state index contributed by atoms with van der Waals surface area (Å²) in [5.41, 5.74) is 1.88. The van der Waals surface area contributed by atoms with E-state index in [9.17, 15) is 9.50 Å². The van der Waals surface area contributed by atoms with E-state index in [0.717, 1.165) is 16.9 Å². The number of hydrogen-bond donors (Lipinski definition) is 1. The molecule has 20 heavy (non-hydrogen) atoms. The molecule has 2 nitrogen and oxygen atoms in total. The van der Waals surface area contributed by atoms with Crippen molar-refractivity contribution in [1.29, 1.82) is 0 Å². The third kappa shape index (κ3) is 3.81. The minimum absolute atomic E-state index is 0.0116.